The summed E-state index contributed by atoms with van der Waals surface area (Å²) in [7, 11) is 0. The van der Waals surface area contributed by atoms with Crippen LogP contribution in [0.4, 0.5) is 0 Å². The SMILES string of the molecule is CC1(C(=O)N2CCNCC23CCCCC3)CCCO1. The quantitative estimate of drug-likeness (QED) is 0.785. The van der Waals surface area contributed by atoms with Crippen molar-refractivity contribution in [3.63, 3.8) is 0 Å². The number of ether oxygens (including phenoxy) is 1. The van der Waals surface area contributed by atoms with E-state index in [4.69, 9.17) is 4.74 Å². The second kappa shape index (κ2) is 5.06. The van der Waals surface area contributed by atoms with Gasteiger partial charge in [0.05, 0.1) is 5.54 Å². The lowest BCUT2D eigenvalue weighted by Crippen LogP contribution is -2.66. The Labute approximate surface area is 115 Å². The van der Waals surface area contributed by atoms with Gasteiger partial charge in [-0.05, 0) is 32.6 Å². The van der Waals surface area contributed by atoms with Crippen LogP contribution in [-0.2, 0) is 9.53 Å². The highest BCUT2D eigenvalue weighted by molar-refractivity contribution is 5.86. The fourth-order valence-corrected chi connectivity index (χ4v) is 4.05. The first-order chi connectivity index (χ1) is 9.16. The molecular formula is C15H26N2O2. The Morgan fingerprint density at radius 3 is 2.63 bits per heavy atom. The lowest BCUT2D eigenvalue weighted by atomic mass is 9.78. The average Bonchev–Trinajstić information content (AvgIpc) is 2.88. The average molecular weight is 266 g/mol. The number of nitrogens with one attached hydrogen (secondary N) is 1. The van der Waals surface area contributed by atoms with Crippen LogP contribution in [0.3, 0.4) is 0 Å². The molecule has 4 nitrogen and oxygen atoms in total. The summed E-state index contributed by atoms with van der Waals surface area (Å²) in [4.78, 5) is 15.1. The maximum Gasteiger partial charge on any atom is 0.255 e. The topological polar surface area (TPSA) is 41.6 Å². The van der Waals surface area contributed by atoms with Gasteiger partial charge in [-0.15, -0.1) is 0 Å². The second-order valence-electron chi connectivity index (χ2n) is 6.60. The molecule has 19 heavy (non-hydrogen) atoms. The molecule has 3 aliphatic rings. The number of hydrogen-bond donors (Lipinski definition) is 1. The molecule has 108 valence electrons. The maximum absolute atomic E-state index is 13.0. The zero-order valence-corrected chi connectivity index (χ0v) is 12.0. The Kier molecular flexibility index (Phi) is 3.56. The summed E-state index contributed by atoms with van der Waals surface area (Å²) in [5.74, 6) is 0.244. The van der Waals surface area contributed by atoms with Crippen molar-refractivity contribution in [2.75, 3.05) is 26.2 Å². The van der Waals surface area contributed by atoms with Gasteiger partial charge < -0.3 is 15.0 Å². The molecule has 1 amide bonds. The third-order valence-electron chi connectivity index (χ3n) is 5.24. The number of nitrogens with zero attached hydrogens (tertiary/aromatic N) is 1. The van der Waals surface area contributed by atoms with E-state index in [0.29, 0.717) is 0 Å². The van der Waals surface area contributed by atoms with Crippen LogP contribution in [0.25, 0.3) is 0 Å². The summed E-state index contributed by atoms with van der Waals surface area (Å²) < 4.78 is 5.78. The van der Waals surface area contributed by atoms with E-state index in [1.165, 1.54) is 19.3 Å². The highest BCUT2D eigenvalue weighted by Gasteiger charge is 2.49. The zero-order valence-electron chi connectivity index (χ0n) is 12.0. The molecule has 0 aromatic rings. The molecule has 1 spiro atoms. The maximum atomic E-state index is 13.0. The van der Waals surface area contributed by atoms with Crippen LogP contribution in [0.15, 0.2) is 0 Å². The Morgan fingerprint density at radius 2 is 1.95 bits per heavy atom. The molecule has 2 heterocycles. The van der Waals surface area contributed by atoms with E-state index in [1.54, 1.807) is 0 Å². The molecular weight excluding hydrogens is 240 g/mol. The fourth-order valence-electron chi connectivity index (χ4n) is 4.05. The molecule has 0 bridgehead atoms. The van der Waals surface area contributed by atoms with Crippen molar-refractivity contribution < 1.29 is 9.53 Å². The molecule has 2 aliphatic heterocycles. The van der Waals surface area contributed by atoms with Crippen molar-refractivity contribution in [2.45, 2.75) is 63.0 Å². The standard InChI is InChI=1S/C15H26N2O2/c1-14(6-5-11-19-14)13(18)17-10-9-16-12-15(17)7-3-2-4-8-15/h16H,2-12H2,1H3. The lowest BCUT2D eigenvalue weighted by molar-refractivity contribution is -0.161. The van der Waals surface area contributed by atoms with Crippen LogP contribution < -0.4 is 5.32 Å². The molecule has 0 radical (unpaired) electrons. The monoisotopic (exact) mass is 266 g/mol. The molecule has 1 saturated carbocycles. The third-order valence-corrected chi connectivity index (χ3v) is 5.24. The number of piperazine rings is 1. The summed E-state index contributed by atoms with van der Waals surface area (Å²) in [5, 5.41) is 3.50. The largest absolute Gasteiger partial charge is 0.365 e. The number of rotatable bonds is 1. The molecule has 1 N–H and O–H groups in total. The smallest absolute Gasteiger partial charge is 0.255 e. The van der Waals surface area contributed by atoms with Crippen molar-refractivity contribution in [2.24, 2.45) is 0 Å². The van der Waals surface area contributed by atoms with Gasteiger partial charge in [-0.2, -0.15) is 0 Å². The van der Waals surface area contributed by atoms with Crippen molar-refractivity contribution in [3.05, 3.63) is 0 Å². The number of carbonyl (C=O) groups is 1. The van der Waals surface area contributed by atoms with E-state index in [-0.39, 0.29) is 11.4 Å². The van der Waals surface area contributed by atoms with Crippen molar-refractivity contribution in [3.8, 4) is 0 Å². The first-order valence-electron chi connectivity index (χ1n) is 7.83. The van der Waals surface area contributed by atoms with Crippen LogP contribution in [0, 0.1) is 0 Å². The normalized spacial score (nSPS) is 34.7. The van der Waals surface area contributed by atoms with Gasteiger partial charge in [-0.25, -0.2) is 0 Å². The summed E-state index contributed by atoms with van der Waals surface area (Å²) in [6, 6.07) is 0. The van der Waals surface area contributed by atoms with E-state index in [1.807, 2.05) is 6.92 Å². The van der Waals surface area contributed by atoms with Gasteiger partial charge in [-0.3, -0.25) is 4.79 Å². The van der Waals surface area contributed by atoms with Gasteiger partial charge >= 0.3 is 0 Å². The fraction of sp³-hybridized carbons (Fsp3) is 0.933. The highest BCUT2D eigenvalue weighted by atomic mass is 16.5. The Balaban J connectivity index is 1.81. The van der Waals surface area contributed by atoms with E-state index in [0.717, 1.165) is 51.9 Å². The van der Waals surface area contributed by atoms with Crippen LogP contribution >= 0.6 is 0 Å². The first kappa shape index (κ1) is 13.4. The van der Waals surface area contributed by atoms with Gasteiger partial charge in [0.2, 0.25) is 0 Å². The number of amides is 1. The summed E-state index contributed by atoms with van der Waals surface area (Å²) >= 11 is 0. The van der Waals surface area contributed by atoms with E-state index < -0.39 is 5.60 Å². The first-order valence-corrected chi connectivity index (χ1v) is 7.83. The van der Waals surface area contributed by atoms with Crippen molar-refractivity contribution >= 4 is 5.91 Å². The minimum absolute atomic E-state index is 0.0720. The van der Waals surface area contributed by atoms with Crippen LogP contribution in [0.1, 0.15) is 51.9 Å². The summed E-state index contributed by atoms with van der Waals surface area (Å²) in [5.41, 5.74) is -0.482. The second-order valence-corrected chi connectivity index (χ2v) is 6.60. The number of hydrogen-bond acceptors (Lipinski definition) is 3. The molecule has 1 aliphatic carbocycles. The van der Waals surface area contributed by atoms with E-state index >= 15 is 0 Å². The van der Waals surface area contributed by atoms with Gasteiger partial charge in [0.1, 0.15) is 5.60 Å². The molecule has 3 rings (SSSR count). The molecule has 2 saturated heterocycles. The number of carbonyl (C=O) groups excluding carboxylic acids is 1. The minimum atomic E-state index is -0.554. The predicted molar refractivity (Wildman–Crippen MR) is 74.0 cm³/mol. The van der Waals surface area contributed by atoms with E-state index in [2.05, 4.69) is 10.2 Å². The Hall–Kier alpha value is -0.610. The predicted octanol–water partition coefficient (Wildman–Crippen LogP) is 1.69. The molecule has 1 atom stereocenters. The zero-order chi connectivity index (χ0) is 13.3. The van der Waals surface area contributed by atoms with Gasteiger partial charge in [0, 0.05) is 26.2 Å². The molecule has 1 unspecified atom stereocenters. The molecule has 3 fully saturated rings. The van der Waals surface area contributed by atoms with Crippen molar-refractivity contribution in [1.82, 2.24) is 10.2 Å². The third kappa shape index (κ3) is 2.29. The minimum Gasteiger partial charge on any atom is -0.365 e. The molecule has 0 aromatic carbocycles. The summed E-state index contributed by atoms with van der Waals surface area (Å²) in [6.07, 6.45) is 8.03. The van der Waals surface area contributed by atoms with Gasteiger partial charge in [0.15, 0.2) is 0 Å². The van der Waals surface area contributed by atoms with Gasteiger partial charge in [-0.1, -0.05) is 19.3 Å². The van der Waals surface area contributed by atoms with Crippen molar-refractivity contribution in [1.29, 1.82) is 0 Å². The Morgan fingerprint density at radius 1 is 1.16 bits per heavy atom. The molecule has 4 heteroatoms. The van der Waals surface area contributed by atoms with Crippen LogP contribution in [-0.4, -0.2) is 48.2 Å². The van der Waals surface area contributed by atoms with E-state index in [9.17, 15) is 4.79 Å². The summed E-state index contributed by atoms with van der Waals surface area (Å²) in [6.45, 7) is 5.46. The highest BCUT2D eigenvalue weighted by Crippen LogP contribution is 2.38. The molecule has 0 aromatic heterocycles. The van der Waals surface area contributed by atoms with Gasteiger partial charge in [0.25, 0.3) is 5.91 Å². The van der Waals surface area contributed by atoms with Crippen LogP contribution in [0.5, 0.6) is 0 Å². The Bertz CT molecular complexity index is 336. The lowest BCUT2D eigenvalue weighted by Gasteiger charge is -2.51. The van der Waals surface area contributed by atoms with Crippen LogP contribution in [0.2, 0.25) is 0 Å².